The molecule has 1 aliphatic rings. The quantitative estimate of drug-likeness (QED) is 0.658. The molecular weight excluding hydrogens is 406 g/mol. The van der Waals surface area contributed by atoms with E-state index in [1.807, 2.05) is 24.3 Å². The van der Waals surface area contributed by atoms with E-state index in [9.17, 15) is 14.4 Å². The Balaban J connectivity index is 1.65. The SMILES string of the molecule is COc1ccc(CC[C@]2(C)NC(=O)N([C@H](C)C(=O)Nc3ccc(Cl)cc3)C2=O)cc1. The number of aryl methyl sites for hydroxylation is 1. The fraction of sp³-hybridized carbons (Fsp3) is 0.318. The second-order valence-corrected chi connectivity index (χ2v) is 7.89. The third-order valence-electron chi connectivity index (χ3n) is 5.24. The van der Waals surface area contributed by atoms with Gasteiger partial charge in [0.25, 0.3) is 5.91 Å². The van der Waals surface area contributed by atoms with Crippen molar-refractivity contribution in [2.75, 3.05) is 12.4 Å². The topological polar surface area (TPSA) is 87.7 Å². The van der Waals surface area contributed by atoms with Crippen LogP contribution in [-0.2, 0) is 16.0 Å². The van der Waals surface area contributed by atoms with Crippen molar-refractivity contribution in [3.05, 3.63) is 59.1 Å². The van der Waals surface area contributed by atoms with Crippen LogP contribution in [0.1, 0.15) is 25.8 Å². The second-order valence-electron chi connectivity index (χ2n) is 7.46. The minimum atomic E-state index is -1.08. The predicted molar refractivity (Wildman–Crippen MR) is 115 cm³/mol. The molecule has 1 saturated heterocycles. The van der Waals surface area contributed by atoms with Crippen LogP contribution in [0.15, 0.2) is 48.5 Å². The summed E-state index contributed by atoms with van der Waals surface area (Å²) in [5, 5.41) is 5.99. The number of carbonyl (C=O) groups excluding carboxylic acids is 3. The summed E-state index contributed by atoms with van der Waals surface area (Å²) in [6.45, 7) is 3.21. The number of imide groups is 1. The largest absolute Gasteiger partial charge is 0.497 e. The number of nitrogens with zero attached hydrogens (tertiary/aromatic N) is 1. The number of hydrogen-bond acceptors (Lipinski definition) is 4. The third-order valence-corrected chi connectivity index (χ3v) is 5.50. The number of ether oxygens (including phenoxy) is 1. The number of anilines is 1. The van der Waals surface area contributed by atoms with Gasteiger partial charge in [-0.25, -0.2) is 9.69 Å². The Hall–Kier alpha value is -3.06. The van der Waals surface area contributed by atoms with Crippen LogP contribution in [0.3, 0.4) is 0 Å². The Morgan fingerprint density at radius 3 is 2.40 bits per heavy atom. The van der Waals surface area contributed by atoms with Crippen LogP contribution in [0.25, 0.3) is 0 Å². The van der Waals surface area contributed by atoms with Gasteiger partial charge >= 0.3 is 6.03 Å². The van der Waals surface area contributed by atoms with Gasteiger partial charge in [0, 0.05) is 10.7 Å². The fourth-order valence-electron chi connectivity index (χ4n) is 3.31. The summed E-state index contributed by atoms with van der Waals surface area (Å²) in [5.74, 6) is -0.123. The Morgan fingerprint density at radius 2 is 1.80 bits per heavy atom. The van der Waals surface area contributed by atoms with Gasteiger partial charge in [0.1, 0.15) is 17.3 Å². The molecule has 4 amide bonds. The molecule has 30 heavy (non-hydrogen) atoms. The van der Waals surface area contributed by atoms with E-state index in [1.54, 1.807) is 38.3 Å². The molecule has 0 radical (unpaired) electrons. The summed E-state index contributed by atoms with van der Waals surface area (Å²) in [6.07, 6.45) is 0.998. The Bertz CT molecular complexity index is 946. The van der Waals surface area contributed by atoms with Crippen LogP contribution in [0, 0.1) is 0 Å². The molecule has 0 bridgehead atoms. The van der Waals surface area contributed by atoms with Gasteiger partial charge in [-0.05, 0) is 68.7 Å². The number of rotatable bonds is 7. The molecule has 1 heterocycles. The zero-order valence-corrected chi connectivity index (χ0v) is 17.8. The van der Waals surface area contributed by atoms with Gasteiger partial charge in [-0.1, -0.05) is 23.7 Å². The molecule has 0 unspecified atom stereocenters. The monoisotopic (exact) mass is 429 g/mol. The molecule has 1 aliphatic heterocycles. The van der Waals surface area contributed by atoms with Crippen molar-refractivity contribution in [1.29, 1.82) is 0 Å². The van der Waals surface area contributed by atoms with Crippen molar-refractivity contribution >= 4 is 35.1 Å². The standard InChI is InChI=1S/C22H24ClN3O4/c1-14(19(27)24-17-8-6-16(23)7-9-17)26-20(28)22(2,25-21(26)29)13-12-15-4-10-18(30-3)11-5-15/h4-11,14H,12-13H2,1-3H3,(H,24,27)(H,25,29)/t14-,22+/m1/s1. The lowest BCUT2D eigenvalue weighted by Crippen LogP contribution is -2.48. The minimum Gasteiger partial charge on any atom is -0.497 e. The van der Waals surface area contributed by atoms with E-state index in [4.69, 9.17) is 16.3 Å². The molecular formula is C22H24ClN3O4. The van der Waals surface area contributed by atoms with Gasteiger partial charge < -0.3 is 15.4 Å². The number of amides is 4. The maximum atomic E-state index is 13.0. The number of hydrogen-bond donors (Lipinski definition) is 2. The lowest BCUT2D eigenvalue weighted by atomic mass is 9.93. The van der Waals surface area contributed by atoms with Gasteiger partial charge in [0.15, 0.2) is 0 Å². The molecule has 8 heteroatoms. The Kier molecular flexibility index (Phi) is 6.31. The summed E-state index contributed by atoms with van der Waals surface area (Å²) in [6, 6.07) is 12.6. The smallest absolute Gasteiger partial charge is 0.325 e. The number of carbonyl (C=O) groups is 3. The average molecular weight is 430 g/mol. The van der Waals surface area contributed by atoms with Crippen LogP contribution in [0.2, 0.25) is 5.02 Å². The van der Waals surface area contributed by atoms with Crippen molar-refractivity contribution in [3.63, 3.8) is 0 Å². The van der Waals surface area contributed by atoms with E-state index in [1.165, 1.54) is 6.92 Å². The maximum Gasteiger partial charge on any atom is 0.325 e. The number of methoxy groups -OCH3 is 1. The number of halogens is 1. The summed E-state index contributed by atoms with van der Waals surface area (Å²) < 4.78 is 5.15. The molecule has 2 atom stereocenters. The van der Waals surface area contributed by atoms with Crippen molar-refractivity contribution in [2.45, 2.75) is 38.3 Å². The molecule has 0 spiro atoms. The molecule has 2 aromatic rings. The predicted octanol–water partition coefficient (Wildman–Crippen LogP) is 3.62. The van der Waals surface area contributed by atoms with E-state index >= 15 is 0 Å². The third kappa shape index (κ3) is 4.57. The van der Waals surface area contributed by atoms with E-state index in [0.717, 1.165) is 16.2 Å². The molecule has 2 aromatic carbocycles. The summed E-state index contributed by atoms with van der Waals surface area (Å²) in [5.41, 5.74) is 0.475. The highest BCUT2D eigenvalue weighted by Gasteiger charge is 2.50. The van der Waals surface area contributed by atoms with E-state index in [2.05, 4.69) is 10.6 Å². The fourth-order valence-corrected chi connectivity index (χ4v) is 3.44. The summed E-state index contributed by atoms with van der Waals surface area (Å²) in [7, 11) is 1.60. The molecule has 1 fully saturated rings. The van der Waals surface area contributed by atoms with Gasteiger partial charge in [-0.3, -0.25) is 9.59 Å². The normalized spacial score (nSPS) is 19.4. The highest BCUT2D eigenvalue weighted by Crippen LogP contribution is 2.26. The van der Waals surface area contributed by atoms with Gasteiger partial charge in [0.2, 0.25) is 5.91 Å². The Labute approximate surface area is 180 Å². The first-order chi connectivity index (χ1) is 14.2. The van der Waals surface area contributed by atoms with Crippen LogP contribution >= 0.6 is 11.6 Å². The van der Waals surface area contributed by atoms with Gasteiger partial charge in [0.05, 0.1) is 7.11 Å². The molecule has 0 saturated carbocycles. The van der Waals surface area contributed by atoms with E-state index < -0.39 is 29.4 Å². The number of benzene rings is 2. The van der Waals surface area contributed by atoms with Crippen molar-refractivity contribution in [2.24, 2.45) is 0 Å². The summed E-state index contributed by atoms with van der Waals surface area (Å²) in [4.78, 5) is 39.1. The van der Waals surface area contributed by atoms with Crippen LogP contribution < -0.4 is 15.4 Å². The van der Waals surface area contributed by atoms with Crippen molar-refractivity contribution in [1.82, 2.24) is 10.2 Å². The second kappa shape index (κ2) is 8.75. The minimum absolute atomic E-state index is 0.409. The molecule has 2 N–H and O–H groups in total. The molecule has 0 aromatic heterocycles. The Morgan fingerprint density at radius 1 is 1.17 bits per heavy atom. The van der Waals surface area contributed by atoms with Crippen LogP contribution in [0.4, 0.5) is 10.5 Å². The average Bonchev–Trinajstić information content (AvgIpc) is 2.96. The van der Waals surface area contributed by atoms with Crippen LogP contribution in [0.5, 0.6) is 5.75 Å². The first-order valence-electron chi connectivity index (χ1n) is 9.59. The lowest BCUT2D eigenvalue weighted by molar-refractivity contribution is -0.136. The molecule has 7 nitrogen and oxygen atoms in total. The van der Waals surface area contributed by atoms with Gasteiger partial charge in [-0.2, -0.15) is 0 Å². The highest BCUT2D eigenvalue weighted by atomic mass is 35.5. The first kappa shape index (κ1) is 21.6. The first-order valence-corrected chi connectivity index (χ1v) is 9.96. The lowest BCUT2D eigenvalue weighted by Gasteiger charge is -2.24. The van der Waals surface area contributed by atoms with Crippen molar-refractivity contribution < 1.29 is 19.1 Å². The van der Waals surface area contributed by atoms with E-state index in [-0.39, 0.29) is 0 Å². The zero-order valence-electron chi connectivity index (χ0n) is 17.1. The van der Waals surface area contributed by atoms with Gasteiger partial charge in [-0.15, -0.1) is 0 Å². The van der Waals surface area contributed by atoms with E-state index in [0.29, 0.717) is 23.6 Å². The zero-order chi connectivity index (χ0) is 21.9. The molecule has 158 valence electrons. The van der Waals surface area contributed by atoms with Crippen LogP contribution in [-0.4, -0.2) is 41.4 Å². The van der Waals surface area contributed by atoms with Crippen molar-refractivity contribution in [3.8, 4) is 5.75 Å². The molecule has 0 aliphatic carbocycles. The highest BCUT2D eigenvalue weighted by molar-refractivity contribution is 6.30. The summed E-state index contributed by atoms with van der Waals surface area (Å²) >= 11 is 5.85. The maximum absolute atomic E-state index is 13.0. The number of nitrogens with one attached hydrogen (secondary N) is 2. The molecule has 3 rings (SSSR count). The number of urea groups is 1.